The third kappa shape index (κ3) is 2.26. The van der Waals surface area contributed by atoms with Gasteiger partial charge in [0, 0.05) is 0 Å². The van der Waals surface area contributed by atoms with Crippen LogP contribution in [-0.4, -0.2) is 19.9 Å². The molecule has 1 aromatic carbocycles. The summed E-state index contributed by atoms with van der Waals surface area (Å²) >= 11 is 0. The lowest BCUT2D eigenvalue weighted by Gasteiger charge is -2.34. The fourth-order valence-corrected chi connectivity index (χ4v) is 3.00. The van der Waals surface area contributed by atoms with Crippen molar-refractivity contribution in [1.29, 1.82) is 0 Å². The number of hydrogen-bond acceptors (Lipinski definition) is 5. The molecule has 6 nitrogen and oxygen atoms in total. The number of hydrogen-bond donors (Lipinski definition) is 1. The Morgan fingerprint density at radius 3 is 2.70 bits per heavy atom. The molecule has 0 saturated heterocycles. The van der Waals surface area contributed by atoms with Crippen LogP contribution in [0, 0.1) is 0 Å². The highest BCUT2D eigenvalue weighted by molar-refractivity contribution is 5.57. The van der Waals surface area contributed by atoms with Gasteiger partial charge in [-0.1, -0.05) is 30.3 Å². The zero-order valence-corrected chi connectivity index (χ0v) is 13.1. The Hall–Kier alpha value is -2.47. The molecular formula is C17H19N5O. The Morgan fingerprint density at radius 2 is 2.04 bits per heavy atom. The van der Waals surface area contributed by atoms with Crippen LogP contribution in [0.3, 0.4) is 0 Å². The fourth-order valence-electron chi connectivity index (χ4n) is 3.00. The Morgan fingerprint density at radius 1 is 1.26 bits per heavy atom. The summed E-state index contributed by atoms with van der Waals surface area (Å²) in [5, 5.41) is 8.59. The highest BCUT2D eigenvalue weighted by Gasteiger charge is 2.39. The van der Waals surface area contributed by atoms with E-state index in [4.69, 9.17) is 10.3 Å². The summed E-state index contributed by atoms with van der Waals surface area (Å²) in [5.74, 6) is 1.10. The lowest BCUT2D eigenvalue weighted by Crippen LogP contribution is -2.44. The summed E-state index contributed by atoms with van der Waals surface area (Å²) in [6, 6.07) is 10.0. The van der Waals surface area contributed by atoms with Gasteiger partial charge in [0.2, 0.25) is 0 Å². The largest absolute Gasteiger partial charge is 0.334 e. The van der Waals surface area contributed by atoms with Gasteiger partial charge < -0.3 is 10.3 Å². The normalized spacial score (nSPS) is 16.3. The SMILES string of the molecule is CCc1c(-c2nc(C3(N)CCC3)no2)cnn1-c1ccccc1. The molecule has 0 unspecified atom stereocenters. The van der Waals surface area contributed by atoms with Gasteiger partial charge in [0.1, 0.15) is 0 Å². The van der Waals surface area contributed by atoms with Crippen LogP contribution in [-0.2, 0) is 12.0 Å². The molecule has 0 bridgehead atoms. The fraction of sp³-hybridized carbons (Fsp3) is 0.353. The molecule has 6 heteroatoms. The molecule has 0 spiro atoms. The Balaban J connectivity index is 1.74. The summed E-state index contributed by atoms with van der Waals surface area (Å²) in [4.78, 5) is 4.53. The van der Waals surface area contributed by atoms with Crippen molar-refractivity contribution < 1.29 is 4.52 Å². The van der Waals surface area contributed by atoms with E-state index in [1.807, 2.05) is 35.0 Å². The molecule has 118 valence electrons. The monoisotopic (exact) mass is 309 g/mol. The van der Waals surface area contributed by atoms with Crippen molar-refractivity contribution in [3.8, 4) is 17.1 Å². The van der Waals surface area contributed by atoms with Crippen molar-refractivity contribution in [3.63, 3.8) is 0 Å². The highest BCUT2D eigenvalue weighted by atomic mass is 16.5. The summed E-state index contributed by atoms with van der Waals surface area (Å²) in [5.41, 5.74) is 8.80. The predicted octanol–water partition coefficient (Wildman–Crippen LogP) is 2.82. The van der Waals surface area contributed by atoms with Crippen LogP contribution in [0.2, 0.25) is 0 Å². The minimum atomic E-state index is -0.413. The van der Waals surface area contributed by atoms with Gasteiger partial charge in [-0.2, -0.15) is 10.1 Å². The summed E-state index contributed by atoms with van der Waals surface area (Å²) in [6.45, 7) is 2.09. The van der Waals surface area contributed by atoms with Crippen molar-refractivity contribution in [1.82, 2.24) is 19.9 Å². The molecule has 1 saturated carbocycles. The predicted molar refractivity (Wildman–Crippen MR) is 86.0 cm³/mol. The van der Waals surface area contributed by atoms with Gasteiger partial charge in [-0.25, -0.2) is 4.68 Å². The van der Waals surface area contributed by atoms with Crippen LogP contribution in [0.15, 0.2) is 41.1 Å². The summed E-state index contributed by atoms with van der Waals surface area (Å²) in [6.07, 6.45) is 5.54. The molecular weight excluding hydrogens is 290 g/mol. The van der Waals surface area contributed by atoms with Crippen LogP contribution < -0.4 is 5.73 Å². The molecule has 1 fully saturated rings. The van der Waals surface area contributed by atoms with E-state index >= 15 is 0 Å². The molecule has 4 rings (SSSR count). The summed E-state index contributed by atoms with van der Waals surface area (Å²) < 4.78 is 7.39. The number of nitrogens with zero attached hydrogens (tertiary/aromatic N) is 4. The average molecular weight is 309 g/mol. The minimum absolute atomic E-state index is 0.413. The third-order valence-corrected chi connectivity index (χ3v) is 4.55. The Kier molecular flexibility index (Phi) is 3.27. The Labute approximate surface area is 134 Å². The molecule has 0 amide bonds. The molecule has 1 aliphatic rings. The van der Waals surface area contributed by atoms with E-state index in [9.17, 15) is 0 Å². The first kappa shape index (κ1) is 14.1. The molecule has 0 atom stereocenters. The minimum Gasteiger partial charge on any atom is -0.334 e. The van der Waals surface area contributed by atoms with E-state index in [0.29, 0.717) is 11.7 Å². The molecule has 1 aliphatic carbocycles. The molecule has 23 heavy (non-hydrogen) atoms. The second-order valence-electron chi connectivity index (χ2n) is 6.04. The van der Waals surface area contributed by atoms with Crippen LogP contribution >= 0.6 is 0 Å². The molecule has 2 N–H and O–H groups in total. The topological polar surface area (TPSA) is 82.8 Å². The lowest BCUT2D eigenvalue weighted by atomic mass is 9.77. The van der Waals surface area contributed by atoms with Crippen molar-refractivity contribution in [2.45, 2.75) is 38.1 Å². The smallest absolute Gasteiger partial charge is 0.261 e. The number of rotatable bonds is 4. The quantitative estimate of drug-likeness (QED) is 0.801. The van der Waals surface area contributed by atoms with Crippen LogP contribution in [0.4, 0.5) is 0 Å². The van der Waals surface area contributed by atoms with E-state index < -0.39 is 5.54 Å². The first-order valence-electron chi connectivity index (χ1n) is 7.97. The van der Waals surface area contributed by atoms with Crippen LogP contribution in [0.25, 0.3) is 17.1 Å². The first-order valence-corrected chi connectivity index (χ1v) is 7.97. The van der Waals surface area contributed by atoms with E-state index in [2.05, 4.69) is 22.2 Å². The van der Waals surface area contributed by atoms with Crippen LogP contribution in [0.1, 0.15) is 37.7 Å². The van der Waals surface area contributed by atoms with Crippen molar-refractivity contribution in [2.24, 2.45) is 5.73 Å². The molecule has 0 aliphatic heterocycles. The first-order chi connectivity index (χ1) is 11.2. The van der Waals surface area contributed by atoms with Gasteiger partial charge in [-0.15, -0.1) is 0 Å². The van der Waals surface area contributed by atoms with E-state index in [-0.39, 0.29) is 0 Å². The maximum Gasteiger partial charge on any atom is 0.261 e. The zero-order valence-electron chi connectivity index (χ0n) is 13.1. The average Bonchev–Trinajstić information content (AvgIpc) is 3.19. The zero-order chi connectivity index (χ0) is 15.9. The van der Waals surface area contributed by atoms with E-state index in [1.54, 1.807) is 6.20 Å². The van der Waals surface area contributed by atoms with Gasteiger partial charge in [0.15, 0.2) is 5.82 Å². The molecule has 0 radical (unpaired) electrons. The van der Waals surface area contributed by atoms with Crippen LogP contribution in [0.5, 0.6) is 0 Å². The second kappa shape index (κ2) is 5.31. The van der Waals surface area contributed by atoms with Gasteiger partial charge >= 0.3 is 0 Å². The standard InChI is InChI=1S/C17H19N5O/c1-2-14-13(11-19-22(14)12-7-4-3-5-8-12)15-20-16(21-23-15)17(18)9-6-10-17/h3-5,7-8,11H,2,6,9-10,18H2,1H3. The van der Waals surface area contributed by atoms with Gasteiger partial charge in [-0.3, -0.25) is 0 Å². The third-order valence-electron chi connectivity index (χ3n) is 4.55. The Bertz CT molecular complexity index is 817. The highest BCUT2D eigenvalue weighted by Crippen LogP contribution is 2.38. The number of benzene rings is 1. The maximum atomic E-state index is 6.28. The van der Waals surface area contributed by atoms with Crippen molar-refractivity contribution in [2.75, 3.05) is 0 Å². The van der Waals surface area contributed by atoms with E-state index in [1.165, 1.54) is 0 Å². The second-order valence-corrected chi connectivity index (χ2v) is 6.04. The number of nitrogens with two attached hydrogens (primary N) is 1. The van der Waals surface area contributed by atoms with Crippen molar-refractivity contribution in [3.05, 3.63) is 48.0 Å². The maximum absolute atomic E-state index is 6.28. The van der Waals surface area contributed by atoms with E-state index in [0.717, 1.165) is 42.6 Å². The molecule has 2 aromatic heterocycles. The molecule has 2 heterocycles. The molecule has 3 aromatic rings. The lowest BCUT2D eigenvalue weighted by molar-refractivity contribution is 0.229. The summed E-state index contributed by atoms with van der Waals surface area (Å²) in [7, 11) is 0. The number of para-hydroxylation sites is 1. The van der Waals surface area contributed by atoms with Crippen molar-refractivity contribution >= 4 is 0 Å². The van der Waals surface area contributed by atoms with Gasteiger partial charge in [0.25, 0.3) is 5.89 Å². The number of aromatic nitrogens is 4. The van der Waals surface area contributed by atoms with Gasteiger partial charge in [-0.05, 0) is 37.8 Å². The van der Waals surface area contributed by atoms with Gasteiger partial charge in [0.05, 0.1) is 28.7 Å².